The zero-order valence-electron chi connectivity index (χ0n) is 18.4. The van der Waals surface area contributed by atoms with Crippen molar-refractivity contribution in [1.82, 2.24) is 4.90 Å². The number of ether oxygens (including phenoxy) is 1. The van der Waals surface area contributed by atoms with Crippen LogP contribution in [0.5, 0.6) is 0 Å². The van der Waals surface area contributed by atoms with Crippen LogP contribution in [0.1, 0.15) is 29.6 Å². The van der Waals surface area contributed by atoms with Gasteiger partial charge in [-0.25, -0.2) is 4.79 Å². The van der Waals surface area contributed by atoms with Gasteiger partial charge >= 0.3 is 5.97 Å². The Labute approximate surface area is 201 Å². The molecule has 1 atom stereocenters. The molecule has 2 aliphatic rings. The van der Waals surface area contributed by atoms with E-state index in [9.17, 15) is 19.2 Å². The molecule has 2 heterocycles. The van der Waals surface area contributed by atoms with Crippen LogP contribution in [0.25, 0.3) is 0 Å². The average Bonchev–Trinajstić information content (AvgIpc) is 3.19. The van der Waals surface area contributed by atoms with Crippen molar-refractivity contribution in [3.63, 3.8) is 0 Å². The molecule has 0 radical (unpaired) electrons. The minimum Gasteiger partial charge on any atom is -0.452 e. The second kappa shape index (κ2) is 9.15. The number of benzene rings is 2. The fourth-order valence-electron chi connectivity index (χ4n) is 4.42. The zero-order valence-corrected chi connectivity index (χ0v) is 19.1. The number of hydrogen-bond acceptors (Lipinski definition) is 6. The van der Waals surface area contributed by atoms with Crippen LogP contribution in [-0.4, -0.2) is 54.5 Å². The highest BCUT2D eigenvalue weighted by Gasteiger charge is 2.60. The molecule has 1 unspecified atom stereocenters. The molecule has 34 heavy (non-hydrogen) atoms. The van der Waals surface area contributed by atoms with Crippen molar-refractivity contribution in [2.75, 3.05) is 30.0 Å². The fourth-order valence-corrected chi connectivity index (χ4v) is 4.60. The SMILES string of the molecule is CN1C(=O)c2ccccc2N2C(=O)CCC12C(=O)OCC(=O)N(CCC#N)c1cccc(Cl)c1. The fraction of sp³-hybridized carbons (Fsp3) is 0.292. The topological polar surface area (TPSA) is 111 Å². The number of fused-ring (bicyclic) bond motifs is 3. The van der Waals surface area contributed by atoms with Crippen LogP contribution in [0.4, 0.5) is 11.4 Å². The number of carbonyl (C=O) groups is 4. The van der Waals surface area contributed by atoms with Gasteiger partial charge in [0, 0.05) is 37.1 Å². The second-order valence-electron chi connectivity index (χ2n) is 7.94. The lowest BCUT2D eigenvalue weighted by Gasteiger charge is -2.46. The van der Waals surface area contributed by atoms with Gasteiger partial charge in [-0.15, -0.1) is 0 Å². The molecular formula is C24H21ClN4O5. The highest BCUT2D eigenvalue weighted by Crippen LogP contribution is 2.44. The van der Waals surface area contributed by atoms with Crippen LogP contribution in [0.15, 0.2) is 48.5 Å². The molecule has 10 heteroatoms. The highest BCUT2D eigenvalue weighted by molar-refractivity contribution is 6.31. The third-order valence-corrected chi connectivity index (χ3v) is 6.30. The van der Waals surface area contributed by atoms with Crippen molar-refractivity contribution in [1.29, 1.82) is 5.26 Å². The van der Waals surface area contributed by atoms with E-state index in [4.69, 9.17) is 21.6 Å². The number of hydrogen-bond donors (Lipinski definition) is 0. The predicted molar refractivity (Wildman–Crippen MR) is 123 cm³/mol. The molecular weight excluding hydrogens is 460 g/mol. The molecule has 4 rings (SSSR count). The number of carbonyl (C=O) groups excluding carboxylic acids is 4. The number of rotatable bonds is 6. The number of halogens is 1. The largest absolute Gasteiger partial charge is 0.452 e. The Morgan fingerprint density at radius 2 is 1.97 bits per heavy atom. The van der Waals surface area contributed by atoms with E-state index in [2.05, 4.69) is 0 Å². The van der Waals surface area contributed by atoms with Gasteiger partial charge in [0.1, 0.15) is 0 Å². The summed E-state index contributed by atoms with van der Waals surface area (Å²) in [7, 11) is 1.44. The van der Waals surface area contributed by atoms with Crippen LogP contribution in [0, 0.1) is 11.3 Å². The van der Waals surface area contributed by atoms with Gasteiger partial charge in [-0.2, -0.15) is 5.26 Å². The molecule has 2 aromatic carbocycles. The number of anilines is 2. The standard InChI is InChI=1S/C24H21ClN4O5/c1-27-22(32)18-8-2-3-9-19(18)29-20(30)10-11-24(27,29)23(33)34-15-21(31)28(13-5-12-26)17-7-4-6-16(25)14-17/h2-4,6-9,14H,5,10-11,13,15H2,1H3. The van der Waals surface area contributed by atoms with Crippen molar-refractivity contribution >= 4 is 46.7 Å². The minimum atomic E-state index is -1.67. The Hall–Kier alpha value is -3.90. The summed E-state index contributed by atoms with van der Waals surface area (Å²) in [6.45, 7) is -0.557. The monoisotopic (exact) mass is 480 g/mol. The van der Waals surface area contributed by atoms with Crippen LogP contribution in [-0.2, 0) is 19.1 Å². The molecule has 174 valence electrons. The summed E-state index contributed by atoms with van der Waals surface area (Å²) >= 11 is 6.04. The number of nitriles is 1. The average molecular weight is 481 g/mol. The number of likely N-dealkylation sites (N-methyl/N-ethyl adjacent to an activating group) is 1. The first-order valence-electron chi connectivity index (χ1n) is 10.6. The van der Waals surface area contributed by atoms with Gasteiger partial charge in [0.15, 0.2) is 6.61 Å². The maximum absolute atomic E-state index is 13.4. The number of amides is 3. The molecule has 2 aliphatic heterocycles. The summed E-state index contributed by atoms with van der Waals surface area (Å²) in [4.78, 5) is 56.0. The quantitative estimate of drug-likeness (QED) is 0.588. The second-order valence-corrected chi connectivity index (χ2v) is 8.37. The molecule has 1 fully saturated rings. The van der Waals surface area contributed by atoms with Crippen molar-refractivity contribution in [3.05, 3.63) is 59.1 Å². The Morgan fingerprint density at radius 1 is 1.21 bits per heavy atom. The molecule has 0 saturated carbocycles. The maximum Gasteiger partial charge on any atom is 0.354 e. The van der Waals surface area contributed by atoms with E-state index in [0.717, 1.165) is 0 Å². The summed E-state index contributed by atoms with van der Waals surface area (Å²) in [6.07, 6.45) is 0.153. The molecule has 0 spiro atoms. The summed E-state index contributed by atoms with van der Waals surface area (Å²) in [5, 5.41) is 9.38. The molecule has 0 N–H and O–H groups in total. The smallest absolute Gasteiger partial charge is 0.354 e. The normalized spacial score (nSPS) is 18.7. The Bertz CT molecular complexity index is 1230. The molecule has 1 saturated heterocycles. The highest BCUT2D eigenvalue weighted by atomic mass is 35.5. The first-order chi connectivity index (χ1) is 16.3. The van der Waals surface area contributed by atoms with Gasteiger partial charge < -0.3 is 14.5 Å². The first-order valence-corrected chi connectivity index (χ1v) is 11.0. The van der Waals surface area contributed by atoms with Gasteiger partial charge in [-0.1, -0.05) is 29.8 Å². The Balaban J connectivity index is 1.59. The van der Waals surface area contributed by atoms with Crippen LogP contribution < -0.4 is 9.80 Å². The lowest BCUT2D eigenvalue weighted by Crippen LogP contribution is -2.67. The third kappa shape index (κ3) is 3.76. The summed E-state index contributed by atoms with van der Waals surface area (Å²) in [6, 6.07) is 15.1. The van der Waals surface area contributed by atoms with E-state index in [-0.39, 0.29) is 31.7 Å². The van der Waals surface area contributed by atoms with Gasteiger partial charge in [0.05, 0.1) is 23.7 Å². The van der Waals surface area contributed by atoms with E-state index in [1.807, 2.05) is 6.07 Å². The van der Waals surface area contributed by atoms with E-state index >= 15 is 0 Å². The summed E-state index contributed by atoms with van der Waals surface area (Å²) in [5.74, 6) is -2.17. The number of para-hydroxylation sites is 1. The van der Waals surface area contributed by atoms with Gasteiger partial charge in [0.25, 0.3) is 11.8 Å². The molecule has 9 nitrogen and oxygen atoms in total. The Kier molecular flexibility index (Phi) is 6.26. The van der Waals surface area contributed by atoms with Crippen molar-refractivity contribution in [2.45, 2.75) is 24.9 Å². The van der Waals surface area contributed by atoms with Gasteiger partial charge in [-0.3, -0.25) is 19.3 Å². The van der Waals surface area contributed by atoms with E-state index in [1.54, 1.807) is 48.5 Å². The summed E-state index contributed by atoms with van der Waals surface area (Å²) < 4.78 is 5.41. The van der Waals surface area contributed by atoms with Crippen molar-refractivity contribution < 1.29 is 23.9 Å². The molecule has 2 aromatic rings. The first kappa shape index (κ1) is 23.3. The van der Waals surface area contributed by atoms with Crippen molar-refractivity contribution in [2.24, 2.45) is 0 Å². The maximum atomic E-state index is 13.4. The number of esters is 1. The number of nitrogens with zero attached hydrogens (tertiary/aromatic N) is 4. The molecule has 0 aromatic heterocycles. The Morgan fingerprint density at radius 3 is 2.71 bits per heavy atom. The van der Waals surface area contributed by atoms with E-state index in [0.29, 0.717) is 22.0 Å². The van der Waals surface area contributed by atoms with Gasteiger partial charge in [-0.05, 0) is 30.3 Å². The summed E-state index contributed by atoms with van der Waals surface area (Å²) in [5.41, 5.74) is -0.566. The van der Waals surface area contributed by atoms with E-state index in [1.165, 1.54) is 21.7 Å². The van der Waals surface area contributed by atoms with Crippen LogP contribution in [0.2, 0.25) is 5.02 Å². The molecule has 0 aliphatic carbocycles. The van der Waals surface area contributed by atoms with Crippen molar-refractivity contribution in [3.8, 4) is 6.07 Å². The lowest BCUT2D eigenvalue weighted by molar-refractivity contribution is -0.158. The van der Waals surface area contributed by atoms with Crippen LogP contribution >= 0.6 is 11.6 Å². The molecule has 3 amide bonds. The molecule has 0 bridgehead atoms. The third-order valence-electron chi connectivity index (χ3n) is 6.06. The van der Waals surface area contributed by atoms with Gasteiger partial charge in [0.2, 0.25) is 11.6 Å². The van der Waals surface area contributed by atoms with E-state index < -0.39 is 30.1 Å². The van der Waals surface area contributed by atoms with Crippen LogP contribution in [0.3, 0.4) is 0 Å². The minimum absolute atomic E-state index is 0.0435. The zero-order chi connectivity index (χ0) is 24.5. The lowest BCUT2D eigenvalue weighted by atomic mass is 9.97. The predicted octanol–water partition coefficient (Wildman–Crippen LogP) is 2.74.